The molecule has 5 rings (SSSR count). The van der Waals surface area contributed by atoms with Gasteiger partial charge in [-0.3, -0.25) is 9.69 Å². The van der Waals surface area contributed by atoms with Crippen molar-refractivity contribution >= 4 is 15.5 Å². The number of aromatic nitrogens is 4. The standard InChI is InChI=1S/C31H46N6O6S/c1-4-14-36(21-24(38)20-35-15-17-42-18-16-35)44(40,41)25-12-13-27(43-5-2)26(19-25)29-33-31(39)28-22(3)32-30(37(28)34-29)23-10-8-6-7-9-11-23/h12-13,19,23-24,38H,4-11,14-18,20-21H2,1-3H3,(H,33,34,39). The van der Waals surface area contributed by atoms with Crippen LogP contribution in [0.5, 0.6) is 5.75 Å². The van der Waals surface area contributed by atoms with Crippen LogP contribution in [-0.2, 0) is 14.8 Å². The molecule has 1 aliphatic heterocycles. The number of nitrogens with zero attached hydrogens (tertiary/aromatic N) is 5. The number of ether oxygens (including phenoxy) is 2. The van der Waals surface area contributed by atoms with Crippen molar-refractivity contribution in [3.05, 3.63) is 40.1 Å². The number of fused-ring (bicyclic) bond motifs is 1. The molecule has 2 fully saturated rings. The maximum absolute atomic E-state index is 14.0. The van der Waals surface area contributed by atoms with Crippen molar-refractivity contribution in [3.63, 3.8) is 0 Å². The highest BCUT2D eigenvalue weighted by Gasteiger charge is 2.29. The highest BCUT2D eigenvalue weighted by Crippen LogP contribution is 2.34. The van der Waals surface area contributed by atoms with E-state index in [4.69, 9.17) is 19.6 Å². The summed E-state index contributed by atoms with van der Waals surface area (Å²) in [5.74, 6) is 1.60. The lowest BCUT2D eigenvalue weighted by Gasteiger charge is -2.31. The first-order valence-electron chi connectivity index (χ1n) is 16.0. The molecule has 44 heavy (non-hydrogen) atoms. The van der Waals surface area contributed by atoms with Gasteiger partial charge in [0.1, 0.15) is 11.6 Å². The van der Waals surface area contributed by atoms with Gasteiger partial charge in [-0.2, -0.15) is 4.31 Å². The molecule has 0 bridgehead atoms. The third-order valence-corrected chi connectivity index (χ3v) is 10.4. The summed E-state index contributed by atoms with van der Waals surface area (Å²) in [7, 11) is -4.00. The number of aromatic amines is 1. The van der Waals surface area contributed by atoms with Gasteiger partial charge in [0, 0.05) is 38.6 Å². The van der Waals surface area contributed by atoms with Gasteiger partial charge in [0.25, 0.3) is 5.56 Å². The van der Waals surface area contributed by atoms with Gasteiger partial charge in [-0.25, -0.2) is 17.9 Å². The Labute approximate surface area is 259 Å². The number of aryl methyl sites for hydroxylation is 1. The van der Waals surface area contributed by atoms with Gasteiger partial charge in [-0.15, -0.1) is 5.10 Å². The van der Waals surface area contributed by atoms with Crippen molar-refractivity contribution in [1.82, 2.24) is 28.8 Å². The molecule has 242 valence electrons. The van der Waals surface area contributed by atoms with Crippen LogP contribution in [0, 0.1) is 6.92 Å². The number of rotatable bonds is 12. The minimum Gasteiger partial charge on any atom is -0.493 e. The van der Waals surface area contributed by atoms with Gasteiger partial charge in [0.2, 0.25) is 10.0 Å². The first kappa shape index (κ1) is 32.6. The van der Waals surface area contributed by atoms with Crippen molar-refractivity contribution in [2.45, 2.75) is 82.6 Å². The monoisotopic (exact) mass is 630 g/mol. The minimum absolute atomic E-state index is 0.0316. The topological polar surface area (TPSA) is 142 Å². The zero-order valence-electron chi connectivity index (χ0n) is 26.1. The number of β-amino-alcohol motifs (C(OH)–C–C–N with tert-alkyl or cyclic N) is 1. The van der Waals surface area contributed by atoms with E-state index in [1.54, 1.807) is 10.6 Å². The average molecular weight is 631 g/mol. The number of hydrogen-bond donors (Lipinski definition) is 2. The normalized spacial score (nSPS) is 18.1. The summed E-state index contributed by atoms with van der Waals surface area (Å²) < 4.78 is 42.3. The lowest BCUT2D eigenvalue weighted by Crippen LogP contribution is -2.46. The fourth-order valence-electron chi connectivity index (χ4n) is 6.34. The highest BCUT2D eigenvalue weighted by atomic mass is 32.2. The summed E-state index contributed by atoms with van der Waals surface area (Å²) in [6.45, 7) is 9.11. The molecule has 2 aromatic heterocycles. The Morgan fingerprint density at radius 3 is 2.57 bits per heavy atom. The molecular formula is C31H46N6O6S. The Balaban J connectivity index is 1.52. The van der Waals surface area contributed by atoms with E-state index in [0.29, 0.717) is 68.4 Å². The third-order valence-electron chi connectivity index (χ3n) is 8.52. The first-order chi connectivity index (χ1) is 21.2. The average Bonchev–Trinajstić information content (AvgIpc) is 3.15. The van der Waals surface area contributed by atoms with Crippen LogP contribution in [0.2, 0.25) is 0 Å². The van der Waals surface area contributed by atoms with Crippen molar-refractivity contribution in [2.75, 3.05) is 52.5 Å². The molecule has 3 heterocycles. The Morgan fingerprint density at radius 2 is 1.89 bits per heavy atom. The summed E-state index contributed by atoms with van der Waals surface area (Å²) in [6, 6.07) is 4.63. The number of aliphatic hydroxyl groups is 1. The summed E-state index contributed by atoms with van der Waals surface area (Å²) in [6.07, 6.45) is 6.31. The van der Waals surface area contributed by atoms with Crippen LogP contribution < -0.4 is 10.3 Å². The van der Waals surface area contributed by atoms with Gasteiger partial charge < -0.3 is 19.6 Å². The van der Waals surface area contributed by atoms with Gasteiger partial charge >= 0.3 is 0 Å². The van der Waals surface area contributed by atoms with E-state index in [1.165, 1.54) is 29.3 Å². The molecule has 1 aliphatic carbocycles. The Bertz CT molecular complexity index is 1570. The molecule has 12 nitrogen and oxygen atoms in total. The molecule has 3 aromatic rings. The molecule has 2 N–H and O–H groups in total. The van der Waals surface area contributed by atoms with Crippen LogP contribution in [0.25, 0.3) is 16.9 Å². The van der Waals surface area contributed by atoms with Gasteiger partial charge in [0.05, 0.1) is 42.1 Å². The maximum Gasteiger partial charge on any atom is 0.277 e. The Kier molecular flexibility index (Phi) is 10.7. The SMILES string of the molecule is CCCN(CC(O)CN1CCOCC1)S(=O)(=O)c1ccc(OCC)c(-c2nn3c(C4CCCCCC4)nc(C)c3c(=O)[nH]2)c1. The van der Waals surface area contributed by atoms with Crippen molar-refractivity contribution in [3.8, 4) is 17.1 Å². The van der Waals surface area contributed by atoms with Crippen LogP contribution in [0.1, 0.15) is 76.2 Å². The van der Waals surface area contributed by atoms with E-state index in [-0.39, 0.29) is 35.3 Å². The molecule has 13 heteroatoms. The smallest absolute Gasteiger partial charge is 0.277 e. The molecule has 0 spiro atoms. The fourth-order valence-corrected chi connectivity index (χ4v) is 7.93. The largest absolute Gasteiger partial charge is 0.493 e. The molecule has 1 unspecified atom stereocenters. The van der Waals surface area contributed by atoms with Crippen LogP contribution >= 0.6 is 0 Å². The van der Waals surface area contributed by atoms with Gasteiger partial charge in [-0.05, 0) is 51.3 Å². The van der Waals surface area contributed by atoms with Crippen LogP contribution in [0.15, 0.2) is 27.9 Å². The number of morpholine rings is 1. The predicted octanol–water partition coefficient (Wildman–Crippen LogP) is 3.32. The van der Waals surface area contributed by atoms with Crippen molar-refractivity contribution < 1.29 is 23.0 Å². The number of H-pyrrole nitrogens is 1. The number of benzene rings is 1. The van der Waals surface area contributed by atoms with E-state index in [0.717, 1.165) is 31.5 Å². The molecule has 0 radical (unpaired) electrons. The number of imidazole rings is 1. The Hall–Kier alpha value is -2.84. The van der Waals surface area contributed by atoms with Gasteiger partial charge in [-0.1, -0.05) is 32.6 Å². The van der Waals surface area contributed by atoms with E-state index < -0.39 is 16.1 Å². The minimum atomic E-state index is -4.00. The summed E-state index contributed by atoms with van der Waals surface area (Å²) in [5, 5.41) is 15.7. The molecule has 1 aromatic carbocycles. The van der Waals surface area contributed by atoms with Crippen molar-refractivity contribution in [2.24, 2.45) is 0 Å². The van der Waals surface area contributed by atoms with E-state index in [9.17, 15) is 18.3 Å². The second-order valence-corrected chi connectivity index (χ2v) is 13.8. The van der Waals surface area contributed by atoms with E-state index in [2.05, 4.69) is 9.88 Å². The second-order valence-electron chi connectivity index (χ2n) is 11.8. The van der Waals surface area contributed by atoms with Crippen LogP contribution in [0.4, 0.5) is 0 Å². The second kappa shape index (κ2) is 14.5. The zero-order valence-corrected chi connectivity index (χ0v) is 26.9. The van der Waals surface area contributed by atoms with E-state index >= 15 is 0 Å². The molecular weight excluding hydrogens is 584 g/mol. The number of sulfonamides is 1. The molecule has 1 saturated heterocycles. The van der Waals surface area contributed by atoms with Crippen LogP contribution in [-0.4, -0.2) is 101 Å². The third kappa shape index (κ3) is 7.17. The predicted molar refractivity (Wildman–Crippen MR) is 168 cm³/mol. The van der Waals surface area contributed by atoms with Gasteiger partial charge in [0.15, 0.2) is 11.3 Å². The maximum atomic E-state index is 14.0. The lowest BCUT2D eigenvalue weighted by atomic mass is 10.00. The molecule has 1 saturated carbocycles. The Morgan fingerprint density at radius 1 is 1.16 bits per heavy atom. The molecule has 2 aliphatic rings. The number of hydrogen-bond acceptors (Lipinski definition) is 9. The number of aliphatic hydroxyl groups excluding tert-OH is 1. The quantitative estimate of drug-likeness (QED) is 0.288. The van der Waals surface area contributed by atoms with E-state index in [1.807, 2.05) is 20.8 Å². The first-order valence-corrected chi connectivity index (χ1v) is 17.4. The summed E-state index contributed by atoms with van der Waals surface area (Å²) in [4.78, 5) is 23.2. The van der Waals surface area contributed by atoms with Crippen LogP contribution in [0.3, 0.4) is 0 Å². The zero-order chi connectivity index (χ0) is 31.3. The molecule has 1 atom stereocenters. The number of nitrogens with one attached hydrogen (secondary N) is 1. The fraction of sp³-hybridized carbons (Fsp3) is 0.645. The summed E-state index contributed by atoms with van der Waals surface area (Å²) >= 11 is 0. The van der Waals surface area contributed by atoms with Crippen molar-refractivity contribution in [1.29, 1.82) is 0 Å². The molecule has 0 amide bonds. The summed E-state index contributed by atoms with van der Waals surface area (Å²) in [5.41, 5.74) is 1.06. The highest BCUT2D eigenvalue weighted by molar-refractivity contribution is 7.89. The lowest BCUT2D eigenvalue weighted by molar-refractivity contribution is 0.0115.